The average Bonchev–Trinajstić information content (AvgIpc) is 3.71. The van der Waals surface area contributed by atoms with Gasteiger partial charge in [-0.3, -0.25) is 14.4 Å². The number of nitrogens with one attached hydrogen (secondary N) is 2. The first-order valence-corrected chi connectivity index (χ1v) is 13.6. The fourth-order valence-electron chi connectivity index (χ4n) is 5.60. The van der Waals surface area contributed by atoms with Crippen molar-refractivity contribution in [3.8, 4) is 0 Å². The van der Waals surface area contributed by atoms with Crippen molar-refractivity contribution in [3.05, 3.63) is 65.2 Å². The summed E-state index contributed by atoms with van der Waals surface area (Å²) in [5.41, 5.74) is 0.860. The minimum Gasteiger partial charge on any atom is -0.465 e. The van der Waals surface area contributed by atoms with Gasteiger partial charge in [0.25, 0.3) is 5.91 Å². The molecule has 2 aromatic carbocycles. The summed E-state index contributed by atoms with van der Waals surface area (Å²) in [6, 6.07) is 12.9. The number of aliphatic hydroxyl groups is 1. The Hall–Kier alpha value is -4.45. The van der Waals surface area contributed by atoms with Crippen LogP contribution in [0.15, 0.2) is 48.5 Å². The molecule has 41 heavy (non-hydrogen) atoms. The number of benzene rings is 2. The molecule has 1 spiro atoms. The van der Waals surface area contributed by atoms with E-state index in [-0.39, 0.29) is 18.4 Å². The summed E-state index contributed by atoms with van der Waals surface area (Å²) in [7, 11) is 0. The second-order valence-corrected chi connectivity index (χ2v) is 10.7. The third kappa shape index (κ3) is 5.60. The molecule has 4 N–H and O–H groups in total. The van der Waals surface area contributed by atoms with Crippen molar-refractivity contribution in [2.75, 3.05) is 18.5 Å². The highest BCUT2D eigenvalue weighted by molar-refractivity contribution is 6.06. The maximum Gasteiger partial charge on any atom is 0.418 e. The SMILES string of the molecule is C[C@@H](C1CC1)N(Cc1ccccc1)C(=O)CN1C(=O)OC2(CCc3cc(NC(=O)[C@@H](CO)NC(=O)O)ccc32)C1=O. The summed E-state index contributed by atoms with van der Waals surface area (Å²) >= 11 is 0. The van der Waals surface area contributed by atoms with Gasteiger partial charge < -0.3 is 30.5 Å². The van der Waals surface area contributed by atoms with Gasteiger partial charge in [-0.15, -0.1) is 0 Å². The van der Waals surface area contributed by atoms with Gasteiger partial charge in [-0.1, -0.05) is 36.4 Å². The first-order chi connectivity index (χ1) is 19.6. The van der Waals surface area contributed by atoms with Crippen LogP contribution in [0, 0.1) is 5.92 Å². The number of anilines is 1. The Labute approximate surface area is 236 Å². The van der Waals surface area contributed by atoms with Gasteiger partial charge in [-0.2, -0.15) is 0 Å². The van der Waals surface area contributed by atoms with Crippen molar-refractivity contribution in [1.82, 2.24) is 15.1 Å². The smallest absolute Gasteiger partial charge is 0.418 e. The van der Waals surface area contributed by atoms with Crippen LogP contribution in [0.4, 0.5) is 15.3 Å². The number of nitrogens with zero attached hydrogens (tertiary/aromatic N) is 2. The number of rotatable bonds is 10. The summed E-state index contributed by atoms with van der Waals surface area (Å²) in [6.45, 7) is 1.21. The Morgan fingerprint density at radius 1 is 1.15 bits per heavy atom. The van der Waals surface area contributed by atoms with Gasteiger partial charge in [-0.25, -0.2) is 14.5 Å². The number of carbonyl (C=O) groups is 5. The standard InChI is InChI=1S/C29H32N4O8/c1-17(19-7-8-19)32(14-18-5-3-2-4-6-18)24(35)15-33-26(37)29(41-28(33)40)12-11-20-13-21(9-10-22(20)29)30-25(36)23(16-34)31-27(38)39/h2-6,9-10,13,17,19,23,31,34H,7-8,11-12,14-16H2,1H3,(H,30,36)(H,38,39)/t17-,23+,29?/m0/s1. The second kappa shape index (κ2) is 11.2. The maximum absolute atomic E-state index is 13.7. The predicted octanol–water partition coefficient (Wildman–Crippen LogP) is 2.20. The number of amides is 5. The van der Waals surface area contributed by atoms with Crippen molar-refractivity contribution in [2.45, 2.75) is 56.8 Å². The quantitative estimate of drug-likeness (QED) is 0.341. The van der Waals surface area contributed by atoms with Crippen molar-refractivity contribution in [1.29, 1.82) is 0 Å². The molecule has 3 aliphatic rings. The molecule has 0 radical (unpaired) electrons. The van der Waals surface area contributed by atoms with E-state index >= 15 is 0 Å². The highest BCUT2D eigenvalue weighted by atomic mass is 16.6. The van der Waals surface area contributed by atoms with E-state index in [9.17, 15) is 29.1 Å². The molecule has 1 saturated carbocycles. The molecule has 1 unspecified atom stereocenters. The molecular formula is C29H32N4O8. The van der Waals surface area contributed by atoms with Crippen LogP contribution in [0.25, 0.3) is 0 Å². The van der Waals surface area contributed by atoms with Gasteiger partial charge in [0.2, 0.25) is 17.4 Å². The molecule has 12 heteroatoms. The van der Waals surface area contributed by atoms with E-state index in [1.165, 1.54) is 6.07 Å². The molecule has 216 valence electrons. The molecule has 1 heterocycles. The number of carbonyl (C=O) groups excluding carboxylic acids is 4. The topological polar surface area (TPSA) is 166 Å². The van der Waals surface area contributed by atoms with Crippen LogP contribution in [0.3, 0.4) is 0 Å². The summed E-state index contributed by atoms with van der Waals surface area (Å²) in [5, 5.41) is 22.6. The number of hydrogen-bond acceptors (Lipinski definition) is 7. The molecule has 5 rings (SSSR count). The van der Waals surface area contributed by atoms with Gasteiger partial charge in [0.1, 0.15) is 12.6 Å². The highest BCUT2D eigenvalue weighted by Crippen LogP contribution is 2.46. The molecule has 5 amide bonds. The predicted molar refractivity (Wildman–Crippen MR) is 144 cm³/mol. The first-order valence-electron chi connectivity index (χ1n) is 13.6. The van der Waals surface area contributed by atoms with Crippen molar-refractivity contribution in [3.63, 3.8) is 0 Å². The Kier molecular flexibility index (Phi) is 7.68. The third-order valence-electron chi connectivity index (χ3n) is 8.03. The van der Waals surface area contributed by atoms with E-state index in [0.717, 1.165) is 23.3 Å². The summed E-state index contributed by atoms with van der Waals surface area (Å²) in [4.78, 5) is 66.0. The Balaban J connectivity index is 1.31. The van der Waals surface area contributed by atoms with E-state index < -0.39 is 48.8 Å². The van der Waals surface area contributed by atoms with E-state index in [1.54, 1.807) is 17.0 Å². The molecular weight excluding hydrogens is 532 g/mol. The van der Waals surface area contributed by atoms with E-state index in [4.69, 9.17) is 9.84 Å². The minimum atomic E-state index is -1.56. The number of imide groups is 1. The van der Waals surface area contributed by atoms with E-state index in [0.29, 0.717) is 35.7 Å². The molecule has 0 aromatic heterocycles. The van der Waals surface area contributed by atoms with Crippen LogP contribution >= 0.6 is 0 Å². The summed E-state index contributed by atoms with van der Waals surface area (Å²) < 4.78 is 5.67. The lowest BCUT2D eigenvalue weighted by atomic mass is 9.94. The van der Waals surface area contributed by atoms with E-state index in [1.807, 2.05) is 42.6 Å². The number of fused-ring (bicyclic) bond motifs is 2. The van der Waals surface area contributed by atoms with Crippen molar-refractivity contribution < 1.29 is 38.9 Å². The van der Waals surface area contributed by atoms with Gasteiger partial charge in [0, 0.05) is 30.3 Å². The minimum absolute atomic E-state index is 0.0395. The largest absolute Gasteiger partial charge is 0.465 e. The molecule has 2 fully saturated rings. The molecule has 3 atom stereocenters. The molecule has 2 aliphatic carbocycles. The molecule has 12 nitrogen and oxygen atoms in total. The van der Waals surface area contributed by atoms with Crippen LogP contribution in [0.1, 0.15) is 42.9 Å². The van der Waals surface area contributed by atoms with Crippen LogP contribution in [0.5, 0.6) is 0 Å². The normalized spacial score (nSPS) is 20.8. The number of carboxylic acid groups (broad SMARTS) is 1. The van der Waals surface area contributed by atoms with Crippen LogP contribution in [0.2, 0.25) is 0 Å². The average molecular weight is 565 g/mol. The van der Waals surface area contributed by atoms with Crippen molar-refractivity contribution >= 4 is 35.6 Å². The fourth-order valence-corrected chi connectivity index (χ4v) is 5.60. The zero-order chi connectivity index (χ0) is 29.3. The zero-order valence-corrected chi connectivity index (χ0v) is 22.5. The van der Waals surface area contributed by atoms with Crippen LogP contribution < -0.4 is 10.6 Å². The highest BCUT2D eigenvalue weighted by Gasteiger charge is 2.58. The Morgan fingerprint density at radius 3 is 2.54 bits per heavy atom. The Morgan fingerprint density at radius 2 is 1.88 bits per heavy atom. The van der Waals surface area contributed by atoms with Gasteiger partial charge in [0.05, 0.1) is 6.61 Å². The Bertz CT molecular complexity index is 1380. The number of aliphatic hydroxyl groups excluding tert-OH is 1. The third-order valence-corrected chi connectivity index (χ3v) is 8.03. The van der Waals surface area contributed by atoms with Gasteiger partial charge in [-0.05, 0) is 55.4 Å². The maximum atomic E-state index is 13.7. The first kappa shape index (κ1) is 28.1. The monoisotopic (exact) mass is 564 g/mol. The summed E-state index contributed by atoms with van der Waals surface area (Å²) in [6.07, 6.45) is 0.284. The molecule has 1 aliphatic heterocycles. The molecule has 0 bridgehead atoms. The molecule has 2 aromatic rings. The lowest BCUT2D eigenvalue weighted by Gasteiger charge is -2.30. The number of ether oxygens (including phenoxy) is 1. The van der Waals surface area contributed by atoms with Gasteiger partial charge in [0.15, 0.2) is 0 Å². The van der Waals surface area contributed by atoms with Crippen LogP contribution in [-0.2, 0) is 37.7 Å². The van der Waals surface area contributed by atoms with Crippen molar-refractivity contribution in [2.24, 2.45) is 5.92 Å². The molecule has 1 saturated heterocycles. The number of hydrogen-bond donors (Lipinski definition) is 4. The second-order valence-electron chi connectivity index (χ2n) is 10.7. The number of aryl methyl sites for hydroxylation is 1. The zero-order valence-electron chi connectivity index (χ0n) is 22.5. The lowest BCUT2D eigenvalue weighted by Crippen LogP contribution is -2.47. The summed E-state index contributed by atoms with van der Waals surface area (Å²) in [5.74, 6) is -1.30. The van der Waals surface area contributed by atoms with E-state index in [2.05, 4.69) is 5.32 Å². The van der Waals surface area contributed by atoms with Gasteiger partial charge >= 0.3 is 12.2 Å². The fraction of sp³-hybridized carbons (Fsp3) is 0.414. The van der Waals surface area contributed by atoms with Crippen LogP contribution in [-0.4, -0.2) is 75.2 Å². The lowest BCUT2D eigenvalue weighted by molar-refractivity contribution is -0.143.